The molecule has 3 heterocycles. The van der Waals surface area contributed by atoms with Gasteiger partial charge in [-0.05, 0) is 65.6 Å². The lowest BCUT2D eigenvalue weighted by Crippen LogP contribution is -2.21. The van der Waals surface area contributed by atoms with Crippen molar-refractivity contribution in [3.05, 3.63) is 71.7 Å². The van der Waals surface area contributed by atoms with Crippen molar-refractivity contribution < 1.29 is 37.3 Å². The topological polar surface area (TPSA) is 140 Å². The number of nitrogens with two attached hydrogens (primary N) is 1. The van der Waals surface area contributed by atoms with Crippen LogP contribution in [0.3, 0.4) is 0 Å². The van der Waals surface area contributed by atoms with E-state index in [1.807, 2.05) is 36.4 Å². The summed E-state index contributed by atoms with van der Waals surface area (Å²) in [6.45, 7) is 0.526. The SMILES string of the molecule is COC(=O)c1ccc2c(c1)CC(c1nc3ccc(-c4ccnc(N)c4)cc3[nH]1)CO2.O=C(O)C(F)(F)F. The van der Waals surface area contributed by atoms with Crippen molar-refractivity contribution in [2.24, 2.45) is 0 Å². The number of carboxylic acid groups (broad SMARTS) is 1. The minimum absolute atomic E-state index is 0.0674. The molecule has 0 amide bonds. The van der Waals surface area contributed by atoms with E-state index in [-0.39, 0.29) is 11.9 Å². The number of rotatable bonds is 3. The number of hydrogen-bond acceptors (Lipinski definition) is 7. The molecule has 1 aliphatic rings. The number of carbonyl (C=O) groups is 2. The minimum atomic E-state index is -5.08. The number of esters is 1. The first-order valence-electron chi connectivity index (χ1n) is 10.9. The van der Waals surface area contributed by atoms with Gasteiger partial charge < -0.3 is 25.3 Å². The van der Waals surface area contributed by atoms with Gasteiger partial charge in [0.2, 0.25) is 0 Å². The molecule has 0 radical (unpaired) electrons. The van der Waals surface area contributed by atoms with E-state index < -0.39 is 12.1 Å². The van der Waals surface area contributed by atoms with Gasteiger partial charge in [0.05, 0.1) is 36.2 Å². The molecule has 0 fully saturated rings. The predicted octanol–water partition coefficient (Wildman–Crippen LogP) is 4.35. The number of nitrogens with one attached hydrogen (secondary N) is 1. The van der Waals surface area contributed by atoms with Crippen LogP contribution in [-0.4, -0.2) is 51.9 Å². The van der Waals surface area contributed by atoms with E-state index in [2.05, 4.69) is 16.0 Å². The molecule has 1 unspecified atom stereocenters. The summed E-state index contributed by atoms with van der Waals surface area (Å²) >= 11 is 0. The van der Waals surface area contributed by atoms with E-state index >= 15 is 0 Å². The molecule has 1 atom stereocenters. The Kier molecular flexibility index (Phi) is 7.00. The number of aromatic amines is 1. The highest BCUT2D eigenvalue weighted by Gasteiger charge is 2.38. The van der Waals surface area contributed by atoms with Crippen LogP contribution >= 0.6 is 0 Å². The predicted molar refractivity (Wildman–Crippen MR) is 127 cm³/mol. The summed E-state index contributed by atoms with van der Waals surface area (Å²) in [5.74, 6) is -0.890. The molecule has 0 saturated carbocycles. The summed E-state index contributed by atoms with van der Waals surface area (Å²) in [6.07, 6.45) is -2.65. The van der Waals surface area contributed by atoms with Crippen molar-refractivity contribution in [1.29, 1.82) is 0 Å². The van der Waals surface area contributed by atoms with Gasteiger partial charge in [0, 0.05) is 6.20 Å². The maximum absolute atomic E-state index is 11.8. The molecule has 2 aromatic carbocycles. The molecule has 192 valence electrons. The first kappa shape index (κ1) is 25.5. The number of ether oxygens (including phenoxy) is 2. The Bertz CT molecular complexity index is 1470. The number of nitrogen functional groups attached to an aromatic ring is 1. The number of benzene rings is 2. The fourth-order valence-corrected chi connectivity index (χ4v) is 3.85. The van der Waals surface area contributed by atoms with Crippen molar-refractivity contribution >= 4 is 28.8 Å². The van der Waals surface area contributed by atoms with Gasteiger partial charge in [-0.3, -0.25) is 0 Å². The van der Waals surface area contributed by atoms with Crippen molar-refractivity contribution in [1.82, 2.24) is 15.0 Å². The molecule has 0 bridgehead atoms. The number of halogens is 3. The van der Waals surface area contributed by atoms with Gasteiger partial charge in [-0.1, -0.05) is 6.07 Å². The number of carboxylic acids is 1. The molecule has 5 rings (SSSR count). The number of carbonyl (C=O) groups excluding carboxylic acids is 1. The van der Waals surface area contributed by atoms with Crippen LogP contribution in [0.15, 0.2) is 54.7 Å². The monoisotopic (exact) mass is 514 g/mol. The minimum Gasteiger partial charge on any atom is -0.493 e. The van der Waals surface area contributed by atoms with Gasteiger partial charge in [-0.25, -0.2) is 19.6 Å². The van der Waals surface area contributed by atoms with Crippen molar-refractivity contribution in [3.63, 3.8) is 0 Å². The Morgan fingerprint density at radius 1 is 1.14 bits per heavy atom. The molecule has 4 aromatic rings. The second-order valence-electron chi connectivity index (χ2n) is 8.15. The summed E-state index contributed by atoms with van der Waals surface area (Å²) in [6, 6.07) is 15.2. The zero-order valence-electron chi connectivity index (χ0n) is 19.4. The van der Waals surface area contributed by atoms with Crippen LogP contribution in [0.5, 0.6) is 5.75 Å². The molecule has 9 nitrogen and oxygen atoms in total. The molecular formula is C25H21F3N4O5. The smallest absolute Gasteiger partial charge is 0.490 e. The van der Waals surface area contributed by atoms with Crippen molar-refractivity contribution in [3.8, 4) is 16.9 Å². The quantitative estimate of drug-likeness (QED) is 0.343. The van der Waals surface area contributed by atoms with E-state index in [0.29, 0.717) is 18.0 Å². The second-order valence-corrected chi connectivity index (χ2v) is 8.15. The van der Waals surface area contributed by atoms with Crippen LogP contribution < -0.4 is 10.5 Å². The number of hydrogen-bond donors (Lipinski definition) is 3. The third-order valence-corrected chi connectivity index (χ3v) is 5.63. The first-order chi connectivity index (χ1) is 17.5. The van der Waals surface area contributed by atoms with Gasteiger partial charge in [-0.2, -0.15) is 13.2 Å². The number of pyridine rings is 1. The molecule has 0 spiro atoms. The average Bonchev–Trinajstić information content (AvgIpc) is 3.31. The first-order valence-corrected chi connectivity index (χ1v) is 10.9. The van der Waals surface area contributed by atoms with Gasteiger partial charge in [-0.15, -0.1) is 0 Å². The van der Waals surface area contributed by atoms with Crippen LogP contribution in [-0.2, 0) is 16.0 Å². The van der Waals surface area contributed by atoms with E-state index in [1.54, 1.807) is 12.3 Å². The van der Waals surface area contributed by atoms with Crippen LogP contribution in [0, 0.1) is 0 Å². The molecule has 2 aromatic heterocycles. The van der Waals surface area contributed by atoms with Gasteiger partial charge >= 0.3 is 18.1 Å². The van der Waals surface area contributed by atoms with E-state index in [1.165, 1.54) is 7.11 Å². The highest BCUT2D eigenvalue weighted by molar-refractivity contribution is 5.89. The molecule has 1 aliphatic heterocycles. The second kappa shape index (κ2) is 10.2. The number of imidazole rings is 1. The number of anilines is 1. The Morgan fingerprint density at radius 3 is 2.54 bits per heavy atom. The Balaban J connectivity index is 0.000000405. The lowest BCUT2D eigenvalue weighted by molar-refractivity contribution is -0.192. The zero-order chi connectivity index (χ0) is 26.7. The van der Waals surface area contributed by atoms with Crippen LogP contribution in [0.1, 0.15) is 27.7 Å². The highest BCUT2D eigenvalue weighted by atomic mass is 19.4. The molecule has 0 saturated heterocycles. The zero-order valence-corrected chi connectivity index (χ0v) is 19.4. The fraction of sp³-hybridized carbons (Fsp3) is 0.200. The van der Waals surface area contributed by atoms with E-state index in [9.17, 15) is 18.0 Å². The summed E-state index contributed by atoms with van der Waals surface area (Å²) < 4.78 is 42.5. The fourth-order valence-electron chi connectivity index (χ4n) is 3.85. The summed E-state index contributed by atoms with van der Waals surface area (Å²) in [5.41, 5.74) is 11.2. The molecule has 37 heavy (non-hydrogen) atoms. The number of nitrogens with zero attached hydrogens (tertiary/aromatic N) is 2. The Hall–Kier alpha value is -4.61. The normalized spacial score (nSPS) is 14.6. The third kappa shape index (κ3) is 5.80. The number of alkyl halides is 3. The molecule has 12 heteroatoms. The number of aromatic nitrogens is 3. The maximum atomic E-state index is 11.8. The number of methoxy groups -OCH3 is 1. The standard InChI is InChI=1S/C23H20N4O3.C2HF3O2/c1-29-23(28)15-3-5-20-16(8-15)9-17(12-30-20)22-26-18-4-2-13(10-19(18)27-22)14-6-7-25-21(24)11-14;3-2(4,5)1(6)7/h2-8,10-11,17H,9,12H2,1H3,(H2,24,25)(H,26,27);(H,6,7). The van der Waals surface area contributed by atoms with Crippen molar-refractivity contribution in [2.45, 2.75) is 18.5 Å². The van der Waals surface area contributed by atoms with Crippen LogP contribution in [0.2, 0.25) is 0 Å². The number of fused-ring (bicyclic) bond motifs is 2. The van der Waals surface area contributed by atoms with Gasteiger partial charge in [0.25, 0.3) is 0 Å². The molecule has 4 N–H and O–H groups in total. The van der Waals surface area contributed by atoms with Crippen LogP contribution in [0.4, 0.5) is 19.0 Å². The Morgan fingerprint density at radius 2 is 1.86 bits per heavy atom. The highest BCUT2D eigenvalue weighted by Crippen LogP contribution is 2.33. The lowest BCUT2D eigenvalue weighted by Gasteiger charge is -2.24. The lowest BCUT2D eigenvalue weighted by atomic mass is 9.95. The largest absolute Gasteiger partial charge is 0.493 e. The molecular weight excluding hydrogens is 493 g/mol. The van der Waals surface area contributed by atoms with Crippen LogP contribution in [0.25, 0.3) is 22.2 Å². The number of aliphatic carboxylic acids is 1. The summed E-state index contributed by atoms with van der Waals surface area (Å²) in [5, 5.41) is 7.12. The third-order valence-electron chi connectivity index (χ3n) is 5.63. The maximum Gasteiger partial charge on any atom is 0.490 e. The van der Waals surface area contributed by atoms with Gasteiger partial charge in [0.15, 0.2) is 0 Å². The summed E-state index contributed by atoms with van der Waals surface area (Å²) in [7, 11) is 1.38. The molecule has 0 aliphatic carbocycles. The summed E-state index contributed by atoms with van der Waals surface area (Å²) in [4.78, 5) is 33.0. The van der Waals surface area contributed by atoms with Crippen molar-refractivity contribution in [2.75, 3.05) is 19.5 Å². The number of H-pyrrole nitrogens is 1. The average molecular weight is 514 g/mol. The van der Waals surface area contributed by atoms with E-state index in [0.717, 1.165) is 45.7 Å². The van der Waals surface area contributed by atoms with Gasteiger partial charge in [0.1, 0.15) is 17.4 Å². The Labute approximate surface area is 208 Å². The van der Waals surface area contributed by atoms with E-state index in [4.69, 9.17) is 30.1 Å².